The molecule has 0 atom stereocenters. The summed E-state index contributed by atoms with van der Waals surface area (Å²) in [7, 11) is -1.98. The molecule has 0 aromatic carbocycles. The second-order valence-electron chi connectivity index (χ2n) is 5.15. The van der Waals surface area contributed by atoms with Crippen molar-refractivity contribution in [3.8, 4) is 0 Å². The van der Waals surface area contributed by atoms with Crippen LogP contribution >= 0.6 is 0 Å². The van der Waals surface area contributed by atoms with Crippen LogP contribution < -0.4 is 10.0 Å². The van der Waals surface area contributed by atoms with Gasteiger partial charge in [-0.3, -0.25) is 9.40 Å². The third-order valence-electron chi connectivity index (χ3n) is 2.85. The number of aromatic nitrogens is 2. The molecule has 2 heterocycles. The molecule has 0 fully saturated rings. The van der Waals surface area contributed by atoms with Gasteiger partial charge in [0.1, 0.15) is 16.4 Å². The zero-order valence-electron chi connectivity index (χ0n) is 12.5. The maximum absolute atomic E-state index is 12.3. The molecule has 2 rings (SSSR count). The van der Waals surface area contributed by atoms with E-state index in [0.29, 0.717) is 24.1 Å². The molecule has 0 aliphatic carbocycles. The maximum Gasteiger partial charge on any atom is 0.266 e. The molecular weight excluding hydrogens is 292 g/mol. The van der Waals surface area contributed by atoms with Crippen LogP contribution in [0.2, 0.25) is 0 Å². The molecule has 0 bridgehead atoms. The van der Waals surface area contributed by atoms with Crippen LogP contribution in [0.15, 0.2) is 27.6 Å². The van der Waals surface area contributed by atoms with Crippen molar-refractivity contribution in [1.82, 2.24) is 15.1 Å². The van der Waals surface area contributed by atoms with Gasteiger partial charge in [-0.25, -0.2) is 8.42 Å². The molecule has 2 aromatic rings. The SMILES string of the molecule is Cc1oc(CNC(C)C)cc1S(=O)(=O)Nc1ccn(C)n1. The minimum atomic E-state index is -3.70. The molecule has 2 N–H and O–H groups in total. The molecule has 0 aliphatic rings. The number of sulfonamides is 1. The van der Waals surface area contributed by atoms with Crippen LogP contribution in [0.3, 0.4) is 0 Å². The summed E-state index contributed by atoms with van der Waals surface area (Å²) in [6.45, 7) is 6.13. The Morgan fingerprint density at radius 3 is 2.71 bits per heavy atom. The fraction of sp³-hybridized carbons (Fsp3) is 0.462. The van der Waals surface area contributed by atoms with E-state index in [1.807, 2.05) is 13.8 Å². The summed E-state index contributed by atoms with van der Waals surface area (Å²) in [5.41, 5.74) is 0. The van der Waals surface area contributed by atoms with Crippen LogP contribution in [0.4, 0.5) is 5.82 Å². The van der Waals surface area contributed by atoms with Gasteiger partial charge < -0.3 is 9.73 Å². The topological polar surface area (TPSA) is 89.2 Å². The Labute approximate surface area is 124 Å². The van der Waals surface area contributed by atoms with Crippen LogP contribution in [0.1, 0.15) is 25.4 Å². The zero-order chi connectivity index (χ0) is 15.6. The summed E-state index contributed by atoms with van der Waals surface area (Å²) in [6.07, 6.45) is 1.66. The number of aryl methyl sites for hydroxylation is 2. The molecule has 0 spiro atoms. The van der Waals surface area contributed by atoms with E-state index in [1.54, 1.807) is 26.2 Å². The van der Waals surface area contributed by atoms with Gasteiger partial charge >= 0.3 is 0 Å². The lowest BCUT2D eigenvalue weighted by Crippen LogP contribution is -2.21. The monoisotopic (exact) mass is 312 g/mol. The Morgan fingerprint density at radius 2 is 2.14 bits per heavy atom. The summed E-state index contributed by atoms with van der Waals surface area (Å²) in [6, 6.07) is 3.42. The van der Waals surface area contributed by atoms with E-state index in [2.05, 4.69) is 15.1 Å². The van der Waals surface area contributed by atoms with Gasteiger partial charge in [-0.1, -0.05) is 13.8 Å². The van der Waals surface area contributed by atoms with E-state index in [0.717, 1.165) is 0 Å². The quantitative estimate of drug-likeness (QED) is 0.846. The lowest BCUT2D eigenvalue weighted by atomic mass is 10.3. The zero-order valence-corrected chi connectivity index (χ0v) is 13.4. The van der Waals surface area contributed by atoms with Crippen molar-refractivity contribution < 1.29 is 12.8 Å². The second kappa shape index (κ2) is 5.90. The van der Waals surface area contributed by atoms with Gasteiger partial charge in [0.25, 0.3) is 10.0 Å². The molecule has 0 unspecified atom stereocenters. The first-order valence-corrected chi connectivity index (χ1v) is 8.11. The first-order chi connectivity index (χ1) is 9.78. The van der Waals surface area contributed by atoms with Crippen molar-refractivity contribution in [3.05, 3.63) is 29.9 Å². The summed E-state index contributed by atoms with van der Waals surface area (Å²) in [5, 5.41) is 7.18. The highest BCUT2D eigenvalue weighted by Gasteiger charge is 2.22. The number of nitrogens with zero attached hydrogens (tertiary/aromatic N) is 2. The highest BCUT2D eigenvalue weighted by Crippen LogP contribution is 2.22. The molecule has 0 amide bonds. The van der Waals surface area contributed by atoms with E-state index >= 15 is 0 Å². The standard InChI is InChI=1S/C13H20N4O3S/c1-9(2)14-8-11-7-12(10(3)20-11)21(18,19)16-13-5-6-17(4)15-13/h5-7,9,14H,8H2,1-4H3,(H,15,16). The highest BCUT2D eigenvalue weighted by atomic mass is 32.2. The second-order valence-corrected chi connectivity index (χ2v) is 6.80. The number of nitrogens with one attached hydrogen (secondary N) is 2. The van der Waals surface area contributed by atoms with Gasteiger partial charge in [0.2, 0.25) is 0 Å². The molecule has 8 heteroatoms. The van der Waals surface area contributed by atoms with Gasteiger partial charge in [-0.05, 0) is 6.92 Å². The summed E-state index contributed by atoms with van der Waals surface area (Å²) in [4.78, 5) is 0.133. The molecule has 0 aliphatic heterocycles. The fourth-order valence-electron chi connectivity index (χ4n) is 1.85. The van der Waals surface area contributed by atoms with Crippen molar-refractivity contribution in [2.75, 3.05) is 4.72 Å². The van der Waals surface area contributed by atoms with Crippen LogP contribution in [-0.2, 0) is 23.6 Å². The number of anilines is 1. The minimum Gasteiger partial charge on any atom is -0.464 e. The van der Waals surface area contributed by atoms with Crippen molar-refractivity contribution >= 4 is 15.8 Å². The summed E-state index contributed by atoms with van der Waals surface area (Å²) < 4.78 is 34.1. The minimum absolute atomic E-state index is 0.133. The molecule has 116 valence electrons. The average Bonchev–Trinajstić information content (AvgIpc) is 2.93. The largest absolute Gasteiger partial charge is 0.464 e. The Kier molecular flexibility index (Phi) is 4.38. The van der Waals surface area contributed by atoms with Crippen molar-refractivity contribution in [3.63, 3.8) is 0 Å². The van der Waals surface area contributed by atoms with Crippen molar-refractivity contribution in [2.45, 2.75) is 38.3 Å². The van der Waals surface area contributed by atoms with Crippen LogP contribution in [0.25, 0.3) is 0 Å². The predicted molar refractivity (Wildman–Crippen MR) is 79.4 cm³/mol. The molecule has 2 aromatic heterocycles. The van der Waals surface area contributed by atoms with E-state index in [1.165, 1.54) is 10.7 Å². The lowest BCUT2D eigenvalue weighted by Gasteiger charge is -2.04. The smallest absolute Gasteiger partial charge is 0.266 e. The Bertz CT molecular complexity index is 716. The Balaban J connectivity index is 2.19. The van der Waals surface area contributed by atoms with Crippen LogP contribution in [0, 0.1) is 6.92 Å². The molecule has 0 saturated carbocycles. The number of hydrogen-bond donors (Lipinski definition) is 2. The van der Waals surface area contributed by atoms with Crippen molar-refractivity contribution in [1.29, 1.82) is 0 Å². The Hall–Kier alpha value is -1.80. The molecular formula is C13H20N4O3S. The first kappa shape index (κ1) is 15.6. The van der Waals surface area contributed by atoms with E-state index in [4.69, 9.17) is 4.42 Å². The number of furan rings is 1. The third kappa shape index (κ3) is 3.85. The van der Waals surface area contributed by atoms with Crippen LogP contribution in [0.5, 0.6) is 0 Å². The van der Waals surface area contributed by atoms with Gasteiger partial charge in [0.05, 0.1) is 6.54 Å². The normalized spacial score (nSPS) is 12.0. The van der Waals surface area contributed by atoms with E-state index in [9.17, 15) is 8.42 Å². The Morgan fingerprint density at radius 1 is 1.43 bits per heavy atom. The average molecular weight is 312 g/mol. The van der Waals surface area contributed by atoms with E-state index in [-0.39, 0.29) is 10.7 Å². The lowest BCUT2D eigenvalue weighted by molar-refractivity contribution is 0.444. The van der Waals surface area contributed by atoms with Gasteiger partial charge in [-0.15, -0.1) is 0 Å². The number of rotatable bonds is 6. The molecule has 21 heavy (non-hydrogen) atoms. The first-order valence-electron chi connectivity index (χ1n) is 6.63. The van der Waals surface area contributed by atoms with E-state index < -0.39 is 10.0 Å². The number of hydrogen-bond acceptors (Lipinski definition) is 5. The van der Waals surface area contributed by atoms with Gasteiger partial charge in [0.15, 0.2) is 5.82 Å². The van der Waals surface area contributed by atoms with Crippen LogP contribution in [-0.4, -0.2) is 24.2 Å². The van der Waals surface area contributed by atoms with Gasteiger partial charge in [0, 0.05) is 31.4 Å². The highest BCUT2D eigenvalue weighted by molar-refractivity contribution is 7.92. The summed E-state index contributed by atoms with van der Waals surface area (Å²) in [5.74, 6) is 1.22. The summed E-state index contributed by atoms with van der Waals surface area (Å²) >= 11 is 0. The fourth-order valence-corrected chi connectivity index (χ4v) is 3.05. The third-order valence-corrected chi connectivity index (χ3v) is 4.31. The molecule has 0 saturated heterocycles. The van der Waals surface area contributed by atoms with Gasteiger partial charge in [-0.2, -0.15) is 5.10 Å². The molecule has 0 radical (unpaired) electrons. The predicted octanol–water partition coefficient (Wildman–Crippen LogP) is 1.62. The maximum atomic E-state index is 12.3. The van der Waals surface area contributed by atoms with Crippen molar-refractivity contribution in [2.24, 2.45) is 7.05 Å². The molecule has 7 nitrogen and oxygen atoms in total.